The Kier molecular flexibility index (Phi) is 6.45. The summed E-state index contributed by atoms with van der Waals surface area (Å²) >= 11 is 6.43. The molecule has 1 saturated heterocycles. The number of amides is 2. The summed E-state index contributed by atoms with van der Waals surface area (Å²) < 4.78 is 10.6. The quantitative estimate of drug-likeness (QED) is 0.751. The van der Waals surface area contributed by atoms with Crippen LogP contribution in [0.2, 0.25) is 5.02 Å². The van der Waals surface area contributed by atoms with Crippen molar-refractivity contribution in [2.45, 2.75) is 31.7 Å². The fourth-order valence-electron chi connectivity index (χ4n) is 3.52. The van der Waals surface area contributed by atoms with Crippen LogP contribution in [-0.4, -0.2) is 31.7 Å². The van der Waals surface area contributed by atoms with E-state index in [0.717, 1.165) is 31.2 Å². The zero-order valence-electron chi connectivity index (χ0n) is 15.7. The minimum atomic E-state index is -0.159. The standard InChI is InChI=1S/C21H25ClN2O3/c1-26-15-11-12-20(27-2)18(14-15)23-21(25)24-13-7-3-4-10-19(24)16-8-5-6-9-17(16)22/h5-6,8-9,11-12,14,19H,3-4,7,10,13H2,1-2H3,(H,23,25)/t19-/m1/s1. The number of carbonyl (C=O) groups is 1. The molecule has 6 heteroatoms. The largest absolute Gasteiger partial charge is 0.497 e. The minimum absolute atomic E-state index is 0.0437. The Morgan fingerprint density at radius 3 is 2.67 bits per heavy atom. The highest BCUT2D eigenvalue weighted by atomic mass is 35.5. The van der Waals surface area contributed by atoms with Gasteiger partial charge in [0.25, 0.3) is 0 Å². The molecule has 0 aromatic heterocycles. The predicted octanol–water partition coefficient (Wildman–Crippen LogP) is 5.51. The zero-order valence-corrected chi connectivity index (χ0v) is 16.5. The number of halogens is 1. The number of nitrogens with one attached hydrogen (secondary N) is 1. The molecule has 0 spiro atoms. The topological polar surface area (TPSA) is 50.8 Å². The molecule has 1 atom stereocenters. The van der Waals surface area contributed by atoms with E-state index in [1.165, 1.54) is 0 Å². The van der Waals surface area contributed by atoms with E-state index in [2.05, 4.69) is 5.32 Å². The number of ether oxygens (including phenoxy) is 2. The maximum Gasteiger partial charge on any atom is 0.322 e. The number of carbonyl (C=O) groups excluding carboxylic acids is 1. The molecule has 0 bridgehead atoms. The van der Waals surface area contributed by atoms with Crippen LogP contribution in [0.3, 0.4) is 0 Å². The lowest BCUT2D eigenvalue weighted by atomic mass is 10.0. The van der Waals surface area contributed by atoms with Crippen LogP contribution in [0.5, 0.6) is 11.5 Å². The van der Waals surface area contributed by atoms with Crippen LogP contribution < -0.4 is 14.8 Å². The highest BCUT2D eigenvalue weighted by Crippen LogP contribution is 2.35. The van der Waals surface area contributed by atoms with Gasteiger partial charge in [-0.1, -0.05) is 42.6 Å². The fraction of sp³-hybridized carbons (Fsp3) is 0.381. The Labute approximate surface area is 165 Å². The van der Waals surface area contributed by atoms with E-state index in [4.69, 9.17) is 21.1 Å². The van der Waals surface area contributed by atoms with Gasteiger partial charge in [-0.25, -0.2) is 4.79 Å². The van der Waals surface area contributed by atoms with Crippen molar-refractivity contribution < 1.29 is 14.3 Å². The third kappa shape index (κ3) is 4.48. The Balaban J connectivity index is 1.88. The number of hydrogen-bond donors (Lipinski definition) is 1. The van der Waals surface area contributed by atoms with Gasteiger partial charge < -0.3 is 19.7 Å². The van der Waals surface area contributed by atoms with Crippen molar-refractivity contribution in [1.29, 1.82) is 0 Å². The molecule has 1 aliphatic rings. The Morgan fingerprint density at radius 2 is 1.93 bits per heavy atom. The molecule has 0 saturated carbocycles. The van der Waals surface area contributed by atoms with E-state index < -0.39 is 0 Å². The molecule has 27 heavy (non-hydrogen) atoms. The maximum atomic E-state index is 13.2. The smallest absolute Gasteiger partial charge is 0.322 e. The van der Waals surface area contributed by atoms with Crippen LogP contribution in [0.15, 0.2) is 42.5 Å². The van der Waals surface area contributed by atoms with Crippen LogP contribution in [0.4, 0.5) is 10.5 Å². The number of benzene rings is 2. The van der Waals surface area contributed by atoms with E-state index >= 15 is 0 Å². The van der Waals surface area contributed by atoms with Crippen molar-refractivity contribution in [2.24, 2.45) is 0 Å². The number of urea groups is 1. The van der Waals surface area contributed by atoms with Crippen LogP contribution in [0, 0.1) is 0 Å². The number of anilines is 1. The average Bonchev–Trinajstić information content (AvgIpc) is 2.94. The van der Waals surface area contributed by atoms with Gasteiger partial charge in [0.05, 0.1) is 25.9 Å². The van der Waals surface area contributed by atoms with E-state index in [1.807, 2.05) is 29.2 Å². The summed E-state index contributed by atoms with van der Waals surface area (Å²) in [5.41, 5.74) is 1.58. The summed E-state index contributed by atoms with van der Waals surface area (Å²) in [4.78, 5) is 15.0. The summed E-state index contributed by atoms with van der Waals surface area (Å²) in [5, 5.41) is 3.69. The molecule has 1 N–H and O–H groups in total. The van der Waals surface area contributed by atoms with Gasteiger partial charge >= 0.3 is 6.03 Å². The third-order valence-corrected chi connectivity index (χ3v) is 5.27. The van der Waals surface area contributed by atoms with Crippen molar-refractivity contribution >= 4 is 23.3 Å². The molecule has 2 amide bonds. The molecule has 0 aliphatic carbocycles. The second-order valence-corrected chi connectivity index (χ2v) is 6.98. The van der Waals surface area contributed by atoms with E-state index in [9.17, 15) is 4.79 Å². The van der Waals surface area contributed by atoms with Crippen molar-refractivity contribution in [3.8, 4) is 11.5 Å². The second kappa shape index (κ2) is 9.00. The summed E-state index contributed by atoms with van der Waals surface area (Å²) in [6.45, 7) is 0.688. The van der Waals surface area contributed by atoms with Crippen molar-refractivity contribution in [3.63, 3.8) is 0 Å². The molecule has 2 aromatic carbocycles. The summed E-state index contributed by atoms with van der Waals surface area (Å²) in [5.74, 6) is 1.25. The number of nitrogens with zero attached hydrogens (tertiary/aromatic N) is 1. The van der Waals surface area contributed by atoms with Gasteiger partial charge in [-0.15, -0.1) is 0 Å². The fourth-order valence-corrected chi connectivity index (χ4v) is 3.78. The zero-order chi connectivity index (χ0) is 19.2. The molecule has 5 nitrogen and oxygen atoms in total. The first-order valence-corrected chi connectivity index (χ1v) is 9.56. The van der Waals surface area contributed by atoms with Crippen molar-refractivity contribution in [2.75, 3.05) is 26.1 Å². The molecule has 144 valence electrons. The molecule has 1 fully saturated rings. The number of likely N-dealkylation sites (tertiary alicyclic amines) is 1. The van der Waals surface area contributed by atoms with Crippen LogP contribution in [-0.2, 0) is 0 Å². The van der Waals surface area contributed by atoms with Crippen molar-refractivity contribution in [1.82, 2.24) is 4.90 Å². The van der Waals surface area contributed by atoms with Gasteiger partial charge in [0.1, 0.15) is 11.5 Å². The number of methoxy groups -OCH3 is 2. The Bertz CT molecular complexity index is 797. The predicted molar refractivity (Wildman–Crippen MR) is 108 cm³/mol. The lowest BCUT2D eigenvalue weighted by Crippen LogP contribution is -2.38. The molecule has 0 radical (unpaired) electrons. The Morgan fingerprint density at radius 1 is 1.11 bits per heavy atom. The molecule has 1 aliphatic heterocycles. The molecular weight excluding hydrogens is 364 g/mol. The number of hydrogen-bond acceptors (Lipinski definition) is 3. The highest BCUT2D eigenvalue weighted by Gasteiger charge is 2.28. The first-order chi connectivity index (χ1) is 13.1. The van der Waals surface area contributed by atoms with Crippen LogP contribution in [0.25, 0.3) is 0 Å². The van der Waals surface area contributed by atoms with Gasteiger partial charge in [-0.05, 0) is 36.6 Å². The van der Waals surface area contributed by atoms with Gasteiger partial charge in [0.2, 0.25) is 0 Å². The van der Waals surface area contributed by atoms with Gasteiger partial charge in [0, 0.05) is 17.6 Å². The van der Waals surface area contributed by atoms with Gasteiger partial charge in [0.15, 0.2) is 0 Å². The summed E-state index contributed by atoms with van der Waals surface area (Å²) in [6, 6.07) is 12.9. The van der Waals surface area contributed by atoms with E-state index in [0.29, 0.717) is 28.8 Å². The lowest BCUT2D eigenvalue weighted by molar-refractivity contribution is 0.189. The first kappa shape index (κ1) is 19.4. The number of rotatable bonds is 4. The Hall–Kier alpha value is -2.40. The molecule has 1 heterocycles. The summed E-state index contributed by atoms with van der Waals surface area (Å²) in [7, 11) is 3.17. The minimum Gasteiger partial charge on any atom is -0.497 e. The van der Waals surface area contributed by atoms with Gasteiger partial charge in [-0.2, -0.15) is 0 Å². The summed E-state index contributed by atoms with van der Waals surface area (Å²) in [6.07, 6.45) is 4.05. The van der Waals surface area contributed by atoms with Crippen molar-refractivity contribution in [3.05, 3.63) is 53.1 Å². The van der Waals surface area contributed by atoms with Crippen LogP contribution >= 0.6 is 11.6 Å². The lowest BCUT2D eigenvalue weighted by Gasteiger charge is -2.31. The SMILES string of the molecule is COc1ccc(OC)c(NC(=O)N2CCCCC[C@@H]2c2ccccc2Cl)c1. The molecule has 2 aromatic rings. The molecule has 0 unspecified atom stereocenters. The highest BCUT2D eigenvalue weighted by molar-refractivity contribution is 6.31. The van der Waals surface area contributed by atoms with Crippen LogP contribution in [0.1, 0.15) is 37.3 Å². The van der Waals surface area contributed by atoms with E-state index in [-0.39, 0.29) is 12.1 Å². The first-order valence-electron chi connectivity index (χ1n) is 9.18. The average molecular weight is 389 g/mol. The third-order valence-electron chi connectivity index (χ3n) is 4.93. The monoisotopic (exact) mass is 388 g/mol. The maximum absolute atomic E-state index is 13.2. The van der Waals surface area contributed by atoms with Gasteiger partial charge in [-0.3, -0.25) is 0 Å². The normalized spacial score (nSPS) is 17.1. The molecular formula is C21H25ClN2O3. The second-order valence-electron chi connectivity index (χ2n) is 6.58. The molecule has 3 rings (SSSR count). The van der Waals surface area contributed by atoms with E-state index in [1.54, 1.807) is 32.4 Å².